The Bertz CT molecular complexity index is 936. The summed E-state index contributed by atoms with van der Waals surface area (Å²) in [5.41, 5.74) is 1.38. The van der Waals surface area contributed by atoms with E-state index in [2.05, 4.69) is 15.6 Å². The van der Waals surface area contributed by atoms with Gasteiger partial charge in [-0.1, -0.05) is 18.2 Å². The number of amides is 1. The maximum absolute atomic E-state index is 13.0. The van der Waals surface area contributed by atoms with Gasteiger partial charge < -0.3 is 5.32 Å². The second kappa shape index (κ2) is 7.79. The number of nitrogens with one attached hydrogen (secondary N) is 2. The van der Waals surface area contributed by atoms with Crippen molar-refractivity contribution in [2.45, 2.75) is 19.6 Å². The number of rotatable bonds is 5. The van der Waals surface area contributed by atoms with Crippen molar-refractivity contribution < 1.29 is 18.0 Å². The Kier molecular flexibility index (Phi) is 5.46. The minimum atomic E-state index is -4.39. The molecule has 4 nitrogen and oxygen atoms in total. The predicted molar refractivity (Wildman–Crippen MR) is 100 cm³/mol. The van der Waals surface area contributed by atoms with Gasteiger partial charge in [0, 0.05) is 23.2 Å². The normalized spacial score (nSPS) is 11.3. The number of anilines is 2. The van der Waals surface area contributed by atoms with Crippen molar-refractivity contribution >= 4 is 28.1 Å². The van der Waals surface area contributed by atoms with Crippen LogP contribution in [0, 0.1) is 6.92 Å². The molecule has 0 spiro atoms. The summed E-state index contributed by atoms with van der Waals surface area (Å²) in [6, 6.07) is 11.9. The van der Waals surface area contributed by atoms with Gasteiger partial charge in [-0.2, -0.15) is 13.2 Å². The first kappa shape index (κ1) is 18.9. The van der Waals surface area contributed by atoms with Crippen LogP contribution in [0.4, 0.5) is 24.0 Å². The number of nitrogens with zero attached hydrogens (tertiary/aromatic N) is 1. The lowest BCUT2D eigenvalue weighted by Gasteiger charge is -2.14. The molecule has 0 aliphatic heterocycles. The van der Waals surface area contributed by atoms with E-state index in [-0.39, 0.29) is 18.0 Å². The average molecular weight is 391 g/mol. The van der Waals surface area contributed by atoms with Gasteiger partial charge in [0.15, 0.2) is 5.13 Å². The van der Waals surface area contributed by atoms with Crippen molar-refractivity contribution in [1.82, 2.24) is 4.98 Å². The van der Waals surface area contributed by atoms with E-state index in [9.17, 15) is 18.0 Å². The van der Waals surface area contributed by atoms with Crippen LogP contribution in [0.25, 0.3) is 0 Å². The summed E-state index contributed by atoms with van der Waals surface area (Å²) in [6.07, 6.45) is -4.39. The lowest BCUT2D eigenvalue weighted by molar-refractivity contribution is -0.138. The molecule has 0 radical (unpaired) electrons. The fourth-order valence-electron chi connectivity index (χ4n) is 2.47. The van der Waals surface area contributed by atoms with Gasteiger partial charge in [0.25, 0.3) is 5.91 Å². The van der Waals surface area contributed by atoms with Crippen molar-refractivity contribution in [3.63, 3.8) is 0 Å². The Labute approximate surface area is 158 Å². The smallest absolute Gasteiger partial charge is 0.381 e. The molecule has 0 aliphatic carbocycles. The van der Waals surface area contributed by atoms with E-state index in [0.717, 1.165) is 11.8 Å². The van der Waals surface area contributed by atoms with E-state index < -0.39 is 11.7 Å². The molecule has 27 heavy (non-hydrogen) atoms. The topological polar surface area (TPSA) is 54.0 Å². The molecule has 3 aromatic rings. The first-order valence-electron chi connectivity index (χ1n) is 8.05. The van der Waals surface area contributed by atoms with Crippen LogP contribution in [0.1, 0.15) is 27.2 Å². The van der Waals surface area contributed by atoms with Crippen LogP contribution in [0.2, 0.25) is 0 Å². The van der Waals surface area contributed by atoms with Crippen LogP contribution in [0.15, 0.2) is 53.9 Å². The largest absolute Gasteiger partial charge is 0.416 e. The zero-order chi connectivity index (χ0) is 19.4. The van der Waals surface area contributed by atoms with E-state index in [1.54, 1.807) is 30.3 Å². The van der Waals surface area contributed by atoms with E-state index in [4.69, 9.17) is 0 Å². The van der Waals surface area contributed by atoms with Crippen molar-refractivity contribution in [1.29, 1.82) is 0 Å². The molecular weight excluding hydrogens is 375 g/mol. The van der Waals surface area contributed by atoms with E-state index in [1.165, 1.54) is 23.5 Å². The number of benzene rings is 2. The lowest BCUT2D eigenvalue weighted by atomic mass is 10.1. The number of alkyl halides is 3. The van der Waals surface area contributed by atoms with Crippen LogP contribution in [0.5, 0.6) is 0 Å². The molecule has 0 saturated carbocycles. The zero-order valence-electron chi connectivity index (χ0n) is 14.3. The Morgan fingerprint density at radius 2 is 1.81 bits per heavy atom. The number of halogens is 3. The van der Waals surface area contributed by atoms with Gasteiger partial charge >= 0.3 is 6.18 Å². The minimum absolute atomic E-state index is 0.0274. The Hall–Kier alpha value is -2.87. The van der Waals surface area contributed by atoms with Crippen LogP contribution >= 0.6 is 11.3 Å². The molecule has 0 saturated heterocycles. The van der Waals surface area contributed by atoms with Gasteiger partial charge in [-0.3, -0.25) is 10.1 Å². The lowest BCUT2D eigenvalue weighted by Crippen LogP contribution is -2.12. The van der Waals surface area contributed by atoms with Gasteiger partial charge in [-0.15, -0.1) is 11.3 Å². The summed E-state index contributed by atoms with van der Waals surface area (Å²) >= 11 is 1.34. The summed E-state index contributed by atoms with van der Waals surface area (Å²) in [5.74, 6) is -0.293. The Balaban J connectivity index is 1.64. The van der Waals surface area contributed by atoms with Crippen LogP contribution in [-0.2, 0) is 12.7 Å². The first-order chi connectivity index (χ1) is 12.8. The van der Waals surface area contributed by atoms with Crippen molar-refractivity contribution in [3.8, 4) is 0 Å². The average Bonchev–Trinajstić information content (AvgIpc) is 3.04. The highest BCUT2D eigenvalue weighted by Gasteiger charge is 2.32. The standard InChI is InChI=1S/C19H16F3N3OS/c1-12-11-27-18(24-12)25-17(26)13-6-8-15(9-7-13)23-10-14-4-2-3-5-16(14)19(20,21)22/h2-9,11,23H,10H2,1H3,(H,24,25,26). The highest BCUT2D eigenvalue weighted by Crippen LogP contribution is 2.32. The molecule has 1 aromatic heterocycles. The van der Waals surface area contributed by atoms with Crippen LogP contribution in [-0.4, -0.2) is 10.9 Å². The highest BCUT2D eigenvalue weighted by molar-refractivity contribution is 7.13. The maximum atomic E-state index is 13.0. The molecule has 3 rings (SSSR count). The Morgan fingerprint density at radius 3 is 2.44 bits per heavy atom. The van der Waals surface area contributed by atoms with Crippen molar-refractivity contribution in [2.75, 3.05) is 10.6 Å². The first-order valence-corrected chi connectivity index (χ1v) is 8.93. The van der Waals surface area contributed by atoms with Crippen molar-refractivity contribution in [2.24, 2.45) is 0 Å². The van der Waals surface area contributed by atoms with E-state index in [0.29, 0.717) is 16.4 Å². The number of thiazole rings is 1. The number of aromatic nitrogens is 1. The molecule has 0 unspecified atom stereocenters. The molecule has 2 N–H and O–H groups in total. The van der Waals surface area contributed by atoms with E-state index in [1.807, 2.05) is 12.3 Å². The minimum Gasteiger partial charge on any atom is -0.381 e. The van der Waals surface area contributed by atoms with Gasteiger partial charge in [-0.05, 0) is 42.8 Å². The zero-order valence-corrected chi connectivity index (χ0v) is 15.1. The maximum Gasteiger partial charge on any atom is 0.416 e. The molecule has 1 amide bonds. The molecule has 8 heteroatoms. The predicted octanol–water partition coefficient (Wildman–Crippen LogP) is 5.33. The van der Waals surface area contributed by atoms with Gasteiger partial charge in [0.05, 0.1) is 11.3 Å². The van der Waals surface area contributed by atoms with Crippen LogP contribution < -0.4 is 10.6 Å². The number of hydrogen-bond acceptors (Lipinski definition) is 4. The Morgan fingerprint density at radius 1 is 1.11 bits per heavy atom. The fraction of sp³-hybridized carbons (Fsp3) is 0.158. The molecule has 1 heterocycles. The fourth-order valence-corrected chi connectivity index (χ4v) is 3.15. The van der Waals surface area contributed by atoms with Crippen molar-refractivity contribution in [3.05, 3.63) is 76.3 Å². The van der Waals surface area contributed by atoms with Crippen LogP contribution in [0.3, 0.4) is 0 Å². The molecule has 0 fully saturated rings. The summed E-state index contributed by atoms with van der Waals surface area (Å²) in [7, 11) is 0. The molecular formula is C19H16F3N3OS. The van der Waals surface area contributed by atoms with E-state index >= 15 is 0 Å². The van der Waals surface area contributed by atoms with Gasteiger partial charge in [-0.25, -0.2) is 4.98 Å². The second-order valence-electron chi connectivity index (χ2n) is 5.83. The summed E-state index contributed by atoms with van der Waals surface area (Å²) in [6.45, 7) is 1.86. The third-order valence-corrected chi connectivity index (χ3v) is 4.67. The molecule has 2 aromatic carbocycles. The molecule has 0 atom stereocenters. The highest BCUT2D eigenvalue weighted by atomic mass is 32.1. The number of hydrogen-bond donors (Lipinski definition) is 2. The number of carbonyl (C=O) groups is 1. The number of aryl methyl sites for hydroxylation is 1. The molecule has 140 valence electrons. The molecule has 0 aliphatic rings. The second-order valence-corrected chi connectivity index (χ2v) is 6.69. The monoisotopic (exact) mass is 391 g/mol. The third kappa shape index (κ3) is 4.85. The summed E-state index contributed by atoms with van der Waals surface area (Å²) < 4.78 is 39.1. The summed E-state index contributed by atoms with van der Waals surface area (Å²) in [4.78, 5) is 16.3. The SMILES string of the molecule is Cc1csc(NC(=O)c2ccc(NCc3ccccc3C(F)(F)F)cc2)n1. The quantitative estimate of drug-likeness (QED) is 0.618. The van der Waals surface area contributed by atoms with Gasteiger partial charge in [0.2, 0.25) is 0 Å². The number of carbonyl (C=O) groups excluding carboxylic acids is 1. The molecule has 0 bridgehead atoms. The van der Waals surface area contributed by atoms with Gasteiger partial charge in [0.1, 0.15) is 0 Å². The third-order valence-electron chi connectivity index (χ3n) is 3.79. The summed E-state index contributed by atoms with van der Waals surface area (Å²) in [5, 5.41) is 8.01.